The lowest BCUT2D eigenvalue weighted by molar-refractivity contribution is -0.148. The number of ether oxygens (including phenoxy) is 2. The second-order valence-corrected chi connectivity index (χ2v) is 10.5. The summed E-state index contributed by atoms with van der Waals surface area (Å²) in [7, 11) is -5.01. The van der Waals surface area contributed by atoms with Crippen molar-refractivity contribution in [1.82, 2.24) is 15.3 Å². The third-order valence-electron chi connectivity index (χ3n) is 5.63. The maximum absolute atomic E-state index is 14.9. The second kappa shape index (κ2) is 13.3. The van der Waals surface area contributed by atoms with Gasteiger partial charge in [0, 0.05) is 18.0 Å². The molecule has 0 saturated heterocycles. The summed E-state index contributed by atoms with van der Waals surface area (Å²) in [5.41, 5.74) is -3.43. The number of benzene rings is 1. The highest BCUT2D eigenvalue weighted by Crippen LogP contribution is 2.40. The minimum absolute atomic E-state index is 0.0523. The third kappa shape index (κ3) is 7.40. The minimum Gasteiger partial charge on any atom is -0.462 e. The van der Waals surface area contributed by atoms with Crippen LogP contribution in [0.1, 0.15) is 38.1 Å². The van der Waals surface area contributed by atoms with Crippen molar-refractivity contribution in [3.8, 4) is 0 Å². The summed E-state index contributed by atoms with van der Waals surface area (Å²) in [6, 6.07) is 2.88. The second-order valence-electron chi connectivity index (χ2n) is 8.42. The van der Waals surface area contributed by atoms with E-state index >= 15 is 0 Å². The molecule has 3 aromatic rings. The Bertz CT molecular complexity index is 1570. The van der Waals surface area contributed by atoms with Crippen LogP contribution in [0.4, 0.5) is 26.3 Å². The van der Waals surface area contributed by atoms with Crippen molar-refractivity contribution < 1.29 is 58.9 Å². The van der Waals surface area contributed by atoms with Gasteiger partial charge in [0.15, 0.2) is 21.5 Å². The number of esters is 1. The van der Waals surface area contributed by atoms with Gasteiger partial charge in [0.2, 0.25) is 0 Å². The van der Waals surface area contributed by atoms with E-state index in [4.69, 9.17) is 9.84 Å². The molecule has 2 N–H and O–H groups in total. The number of aliphatic hydroxyl groups is 1. The van der Waals surface area contributed by atoms with Crippen LogP contribution in [-0.2, 0) is 30.3 Å². The summed E-state index contributed by atoms with van der Waals surface area (Å²) in [5, 5.41) is 8.51. The molecule has 10 nitrogen and oxygen atoms in total. The van der Waals surface area contributed by atoms with Gasteiger partial charge < -0.3 is 19.9 Å². The molecule has 2 heterocycles. The van der Waals surface area contributed by atoms with Gasteiger partial charge in [-0.1, -0.05) is 0 Å². The van der Waals surface area contributed by atoms with Gasteiger partial charge in [0.25, 0.3) is 5.91 Å². The van der Waals surface area contributed by atoms with E-state index in [1.54, 1.807) is 0 Å². The zero-order valence-corrected chi connectivity index (χ0v) is 22.2. The van der Waals surface area contributed by atoms with E-state index in [1.807, 2.05) is 0 Å². The molecule has 2 aromatic heterocycles. The Morgan fingerprint density at radius 3 is 2.31 bits per heavy atom. The Morgan fingerprint density at radius 2 is 1.71 bits per heavy atom. The number of aromatic nitrogens is 2. The zero-order valence-electron chi connectivity index (χ0n) is 21.4. The summed E-state index contributed by atoms with van der Waals surface area (Å²) < 4.78 is 120. The van der Waals surface area contributed by atoms with E-state index in [1.165, 1.54) is 6.92 Å². The fraction of sp³-hybridized carbons (Fsp3) is 0.280. The number of alkyl halides is 3. The van der Waals surface area contributed by atoms with Crippen molar-refractivity contribution in [2.45, 2.75) is 23.2 Å². The summed E-state index contributed by atoms with van der Waals surface area (Å²) in [4.78, 5) is 29.4. The number of aryl methyl sites for hydroxylation is 1. The number of nitrogens with zero attached hydrogens (tertiary/aromatic N) is 2. The van der Waals surface area contributed by atoms with Crippen LogP contribution < -0.4 is 5.32 Å². The fourth-order valence-electron chi connectivity index (χ4n) is 3.62. The number of aliphatic hydroxyl groups excluding tert-OH is 1. The van der Waals surface area contributed by atoms with Crippen molar-refractivity contribution >= 4 is 21.7 Å². The molecule has 1 amide bonds. The number of hydrogen-bond donors (Lipinski definition) is 2. The Hall–Kier alpha value is -4.09. The van der Waals surface area contributed by atoms with Crippen LogP contribution in [-0.4, -0.2) is 61.9 Å². The smallest absolute Gasteiger partial charge is 0.433 e. The Labute approximate surface area is 234 Å². The SMILES string of the molecule is Cc1cc(C(=O)NCOCCOC(=O)CO)ncc1C(c1c(F)ccc(F)c1F)S(=O)(=O)c1ccc(C(F)(F)F)nc1. The van der Waals surface area contributed by atoms with Gasteiger partial charge in [-0.05, 0) is 48.4 Å². The lowest BCUT2D eigenvalue weighted by atomic mass is 10.00. The molecule has 0 saturated carbocycles. The average Bonchev–Trinajstić information content (AvgIpc) is 2.94. The molecular formula is C25H21F6N3O7S. The first-order valence-electron chi connectivity index (χ1n) is 11.7. The molecule has 3 rings (SSSR count). The van der Waals surface area contributed by atoms with Crippen molar-refractivity contribution in [2.24, 2.45) is 0 Å². The molecular weight excluding hydrogens is 600 g/mol. The van der Waals surface area contributed by atoms with E-state index < -0.39 is 78.9 Å². The van der Waals surface area contributed by atoms with E-state index in [-0.39, 0.29) is 31.2 Å². The summed E-state index contributed by atoms with van der Waals surface area (Å²) in [5.74, 6) is -6.62. The lowest BCUT2D eigenvalue weighted by Crippen LogP contribution is -2.28. The largest absolute Gasteiger partial charge is 0.462 e. The molecule has 42 heavy (non-hydrogen) atoms. The molecule has 226 valence electrons. The number of halogens is 6. The van der Waals surface area contributed by atoms with Crippen LogP contribution in [0.5, 0.6) is 0 Å². The van der Waals surface area contributed by atoms with Gasteiger partial charge in [-0.15, -0.1) is 0 Å². The summed E-state index contributed by atoms with van der Waals surface area (Å²) in [6.45, 7) is -0.281. The predicted molar refractivity (Wildman–Crippen MR) is 130 cm³/mol. The molecule has 1 atom stereocenters. The van der Waals surface area contributed by atoms with Crippen LogP contribution >= 0.6 is 0 Å². The highest BCUT2D eigenvalue weighted by atomic mass is 32.2. The lowest BCUT2D eigenvalue weighted by Gasteiger charge is -2.22. The number of carbonyl (C=O) groups excluding carboxylic acids is 2. The molecule has 0 spiro atoms. The van der Waals surface area contributed by atoms with Gasteiger partial charge in [-0.3, -0.25) is 14.8 Å². The van der Waals surface area contributed by atoms with E-state index in [0.29, 0.717) is 30.5 Å². The first-order chi connectivity index (χ1) is 19.7. The summed E-state index contributed by atoms with van der Waals surface area (Å²) in [6.07, 6.45) is -3.74. The quantitative estimate of drug-likeness (QED) is 0.109. The average molecular weight is 622 g/mol. The van der Waals surface area contributed by atoms with Crippen molar-refractivity contribution in [1.29, 1.82) is 0 Å². The molecule has 1 unspecified atom stereocenters. The highest BCUT2D eigenvalue weighted by molar-refractivity contribution is 7.91. The first kappa shape index (κ1) is 32.4. The first-order valence-corrected chi connectivity index (χ1v) is 13.2. The van der Waals surface area contributed by atoms with E-state index in [0.717, 1.165) is 12.3 Å². The molecule has 1 aromatic carbocycles. The Balaban J connectivity index is 1.96. The minimum atomic E-state index is -5.01. The standard InChI is InChI=1S/C25H21F6N3O7S/c1-13-8-18(24(37)34-12-40-6-7-41-20(36)11-35)32-10-15(13)23(21-16(26)3-4-17(27)22(21)28)42(38,39)14-2-5-19(33-9-14)25(29,30)31/h2-5,8-10,23,35H,6-7,11-12H2,1H3,(H,34,37). The molecule has 0 aliphatic rings. The molecule has 0 fully saturated rings. The maximum Gasteiger partial charge on any atom is 0.433 e. The number of carbonyl (C=O) groups is 2. The van der Waals surface area contributed by atoms with Crippen molar-refractivity contribution in [3.63, 3.8) is 0 Å². The Morgan fingerprint density at radius 1 is 1.02 bits per heavy atom. The number of amides is 1. The molecule has 0 bridgehead atoms. The van der Waals surface area contributed by atoms with Gasteiger partial charge in [0.05, 0.1) is 11.5 Å². The fourth-order valence-corrected chi connectivity index (χ4v) is 5.45. The van der Waals surface area contributed by atoms with Gasteiger partial charge in [0.1, 0.15) is 42.4 Å². The Kier molecular flexibility index (Phi) is 10.2. The van der Waals surface area contributed by atoms with E-state index in [2.05, 4.69) is 20.0 Å². The van der Waals surface area contributed by atoms with Gasteiger partial charge in [-0.2, -0.15) is 13.2 Å². The summed E-state index contributed by atoms with van der Waals surface area (Å²) >= 11 is 0. The van der Waals surface area contributed by atoms with Crippen LogP contribution in [0.15, 0.2) is 47.6 Å². The van der Waals surface area contributed by atoms with Gasteiger partial charge >= 0.3 is 12.1 Å². The van der Waals surface area contributed by atoms with Crippen LogP contribution in [0, 0.1) is 24.4 Å². The van der Waals surface area contributed by atoms with Gasteiger partial charge in [-0.25, -0.2) is 26.4 Å². The third-order valence-corrected chi connectivity index (χ3v) is 7.64. The maximum atomic E-state index is 14.9. The molecule has 17 heteroatoms. The predicted octanol–water partition coefficient (Wildman–Crippen LogP) is 3.02. The number of sulfone groups is 1. The normalized spacial score (nSPS) is 12.6. The molecule has 0 aliphatic heterocycles. The van der Waals surface area contributed by atoms with Crippen LogP contribution in [0.2, 0.25) is 0 Å². The number of pyridine rings is 2. The van der Waals surface area contributed by atoms with E-state index in [9.17, 15) is 44.3 Å². The monoisotopic (exact) mass is 621 g/mol. The van der Waals surface area contributed by atoms with Crippen molar-refractivity contribution in [2.75, 3.05) is 26.6 Å². The van der Waals surface area contributed by atoms with Crippen LogP contribution in [0.3, 0.4) is 0 Å². The number of rotatable bonds is 11. The number of nitrogens with one attached hydrogen (secondary N) is 1. The number of hydrogen-bond acceptors (Lipinski definition) is 9. The molecule has 0 radical (unpaired) electrons. The highest BCUT2D eigenvalue weighted by Gasteiger charge is 2.39. The van der Waals surface area contributed by atoms with Crippen LogP contribution in [0.25, 0.3) is 0 Å². The molecule has 0 aliphatic carbocycles. The van der Waals surface area contributed by atoms with Crippen molar-refractivity contribution in [3.05, 3.63) is 88.3 Å². The zero-order chi connectivity index (χ0) is 31.2. The topological polar surface area (TPSA) is 145 Å².